The van der Waals surface area contributed by atoms with Crippen LogP contribution in [0.4, 0.5) is 19.0 Å². The topological polar surface area (TPSA) is 57.3 Å². The van der Waals surface area contributed by atoms with Crippen molar-refractivity contribution < 1.29 is 18.0 Å². The lowest BCUT2D eigenvalue weighted by Crippen LogP contribution is -2.42. The number of nitrogens with one attached hydrogen (secondary N) is 2. The number of carbonyl (C=O) groups excluding carboxylic acids is 1. The number of likely N-dealkylation sites (N-methyl/N-ethyl adjacent to an activating group) is 1. The van der Waals surface area contributed by atoms with E-state index in [0.717, 1.165) is 25.4 Å². The molecule has 148 valence electrons. The minimum Gasteiger partial charge on any atom is -0.355 e. The molecule has 1 saturated heterocycles. The first-order valence-corrected chi connectivity index (χ1v) is 8.66. The number of rotatable bonds is 6. The summed E-state index contributed by atoms with van der Waals surface area (Å²) in [6.07, 6.45) is -2.44. The number of nitrogens with zero attached hydrogens (tertiary/aromatic N) is 2. The second kappa shape index (κ2) is 10.2. The number of hydrogen-bond acceptors (Lipinski definition) is 4. The molecule has 0 unspecified atom stereocenters. The summed E-state index contributed by atoms with van der Waals surface area (Å²) in [6.45, 7) is 5.23. The zero-order chi connectivity index (χ0) is 18.4. The Morgan fingerprint density at radius 2 is 2.00 bits per heavy atom. The first-order valence-electron chi connectivity index (χ1n) is 8.29. The van der Waals surface area contributed by atoms with Gasteiger partial charge >= 0.3 is 6.18 Å². The van der Waals surface area contributed by atoms with Gasteiger partial charge in [-0.3, -0.25) is 4.79 Å². The van der Waals surface area contributed by atoms with Crippen LogP contribution in [0.1, 0.15) is 25.3 Å². The van der Waals surface area contributed by atoms with E-state index in [4.69, 9.17) is 11.6 Å². The van der Waals surface area contributed by atoms with E-state index in [0.29, 0.717) is 38.3 Å². The molecule has 10 heteroatoms. The molecule has 0 atom stereocenters. The van der Waals surface area contributed by atoms with Crippen molar-refractivity contribution >= 4 is 35.7 Å². The minimum absolute atomic E-state index is 0. The number of amides is 1. The Kier molecular flexibility index (Phi) is 8.92. The van der Waals surface area contributed by atoms with E-state index in [-0.39, 0.29) is 29.3 Å². The SMILES string of the molecule is CCNCCNC(=O)C1CCN(c2ncc(C(F)(F)F)cc2Cl)CC1.Cl. The molecule has 0 radical (unpaired) electrons. The van der Waals surface area contributed by atoms with Crippen LogP contribution < -0.4 is 15.5 Å². The number of halogens is 5. The van der Waals surface area contributed by atoms with Gasteiger partial charge in [-0.25, -0.2) is 4.98 Å². The van der Waals surface area contributed by atoms with Crippen LogP contribution in [-0.2, 0) is 11.0 Å². The monoisotopic (exact) mass is 414 g/mol. The largest absolute Gasteiger partial charge is 0.417 e. The van der Waals surface area contributed by atoms with Gasteiger partial charge in [0.2, 0.25) is 5.91 Å². The predicted octanol–water partition coefficient (Wildman–Crippen LogP) is 3.12. The van der Waals surface area contributed by atoms with E-state index in [1.165, 1.54) is 0 Å². The maximum atomic E-state index is 12.7. The van der Waals surface area contributed by atoms with E-state index in [9.17, 15) is 18.0 Å². The fourth-order valence-corrected chi connectivity index (χ4v) is 3.05. The van der Waals surface area contributed by atoms with Crippen molar-refractivity contribution in [3.05, 3.63) is 22.8 Å². The molecule has 2 rings (SSSR count). The molecule has 0 spiro atoms. The van der Waals surface area contributed by atoms with E-state index < -0.39 is 11.7 Å². The molecule has 26 heavy (non-hydrogen) atoms. The summed E-state index contributed by atoms with van der Waals surface area (Å²) in [7, 11) is 0. The van der Waals surface area contributed by atoms with E-state index in [1.807, 2.05) is 11.8 Å². The average Bonchev–Trinajstić information content (AvgIpc) is 2.58. The summed E-state index contributed by atoms with van der Waals surface area (Å²) in [5, 5.41) is 6.00. The van der Waals surface area contributed by atoms with Crippen LogP contribution >= 0.6 is 24.0 Å². The highest BCUT2D eigenvalue weighted by molar-refractivity contribution is 6.33. The first-order chi connectivity index (χ1) is 11.8. The van der Waals surface area contributed by atoms with Gasteiger partial charge in [0.05, 0.1) is 10.6 Å². The lowest BCUT2D eigenvalue weighted by Gasteiger charge is -2.32. The van der Waals surface area contributed by atoms with Gasteiger partial charge in [0.25, 0.3) is 0 Å². The Morgan fingerprint density at radius 1 is 1.35 bits per heavy atom. The average molecular weight is 415 g/mol. The van der Waals surface area contributed by atoms with Gasteiger partial charge in [0.15, 0.2) is 0 Å². The predicted molar refractivity (Wildman–Crippen MR) is 98.0 cm³/mol. The van der Waals surface area contributed by atoms with Crippen LogP contribution in [0.15, 0.2) is 12.3 Å². The molecule has 1 amide bonds. The van der Waals surface area contributed by atoms with Crippen LogP contribution in [0.5, 0.6) is 0 Å². The van der Waals surface area contributed by atoms with Crippen molar-refractivity contribution in [1.29, 1.82) is 0 Å². The second-order valence-electron chi connectivity index (χ2n) is 5.93. The summed E-state index contributed by atoms with van der Waals surface area (Å²) in [4.78, 5) is 17.8. The Balaban J connectivity index is 0.00000338. The van der Waals surface area contributed by atoms with Crippen LogP contribution in [0.25, 0.3) is 0 Å². The van der Waals surface area contributed by atoms with Gasteiger partial charge in [0.1, 0.15) is 5.82 Å². The van der Waals surface area contributed by atoms with Crippen LogP contribution in [0.3, 0.4) is 0 Å². The van der Waals surface area contributed by atoms with Crippen molar-refractivity contribution in [2.24, 2.45) is 5.92 Å². The summed E-state index contributed by atoms with van der Waals surface area (Å²) in [5.74, 6) is 0.260. The van der Waals surface area contributed by atoms with Gasteiger partial charge in [-0.05, 0) is 25.5 Å². The van der Waals surface area contributed by atoms with Crippen LogP contribution in [0.2, 0.25) is 5.02 Å². The third-order valence-corrected chi connectivity index (χ3v) is 4.44. The first kappa shape index (κ1) is 22.8. The zero-order valence-electron chi connectivity index (χ0n) is 14.4. The number of piperidine rings is 1. The zero-order valence-corrected chi connectivity index (χ0v) is 16.0. The molecule has 5 nitrogen and oxygen atoms in total. The van der Waals surface area contributed by atoms with Gasteiger partial charge in [-0.2, -0.15) is 13.2 Å². The molecular formula is C16H23Cl2F3N4O. The summed E-state index contributed by atoms with van der Waals surface area (Å²) in [5.41, 5.74) is -0.865. The highest BCUT2D eigenvalue weighted by Crippen LogP contribution is 2.34. The number of hydrogen-bond donors (Lipinski definition) is 2. The lowest BCUT2D eigenvalue weighted by molar-refractivity contribution is -0.137. The fourth-order valence-electron chi connectivity index (χ4n) is 2.77. The Hall–Kier alpha value is -1.25. The molecule has 1 fully saturated rings. The quantitative estimate of drug-likeness (QED) is 0.702. The van der Waals surface area contributed by atoms with Gasteiger partial charge in [0, 0.05) is 38.3 Å². The molecule has 0 aromatic carbocycles. The molecule has 1 aliphatic rings. The molecule has 1 aliphatic heterocycles. The van der Waals surface area contributed by atoms with Crippen molar-refractivity contribution in [2.75, 3.05) is 37.6 Å². The third-order valence-electron chi connectivity index (χ3n) is 4.17. The van der Waals surface area contributed by atoms with Crippen LogP contribution in [-0.4, -0.2) is 43.6 Å². The smallest absolute Gasteiger partial charge is 0.355 e. The van der Waals surface area contributed by atoms with Crippen molar-refractivity contribution in [2.45, 2.75) is 25.9 Å². The Bertz CT molecular complexity index is 593. The summed E-state index contributed by atoms with van der Waals surface area (Å²) in [6, 6.07) is 0.892. The third kappa shape index (κ3) is 6.17. The molecule has 1 aromatic rings. The number of alkyl halides is 3. The van der Waals surface area contributed by atoms with Crippen LogP contribution in [0, 0.1) is 5.92 Å². The van der Waals surface area contributed by atoms with E-state index >= 15 is 0 Å². The highest BCUT2D eigenvalue weighted by atomic mass is 35.5. The maximum Gasteiger partial charge on any atom is 0.417 e. The second-order valence-corrected chi connectivity index (χ2v) is 6.34. The number of carbonyl (C=O) groups is 1. The molecule has 0 bridgehead atoms. The lowest BCUT2D eigenvalue weighted by atomic mass is 9.96. The molecule has 2 heterocycles. The molecular weight excluding hydrogens is 392 g/mol. The number of aromatic nitrogens is 1. The normalized spacial score (nSPS) is 15.5. The van der Waals surface area contributed by atoms with Gasteiger partial charge < -0.3 is 15.5 Å². The van der Waals surface area contributed by atoms with Crippen molar-refractivity contribution in [3.8, 4) is 0 Å². The van der Waals surface area contributed by atoms with Gasteiger partial charge in [-0.15, -0.1) is 12.4 Å². The molecule has 1 aromatic heterocycles. The Morgan fingerprint density at radius 3 is 2.54 bits per heavy atom. The highest BCUT2D eigenvalue weighted by Gasteiger charge is 2.32. The van der Waals surface area contributed by atoms with Crippen molar-refractivity contribution in [3.63, 3.8) is 0 Å². The standard InChI is InChI=1S/C16H22ClF3N4O.ClH/c1-2-21-5-6-22-15(25)11-3-7-24(8-4-11)14-13(17)9-12(10-23-14)16(18,19)20;/h9-11,21H,2-8H2,1H3,(H,22,25);1H. The molecule has 0 saturated carbocycles. The summed E-state index contributed by atoms with van der Waals surface area (Å²) < 4.78 is 38.0. The molecule has 2 N–H and O–H groups in total. The van der Waals surface area contributed by atoms with E-state index in [2.05, 4.69) is 15.6 Å². The van der Waals surface area contributed by atoms with Gasteiger partial charge in [-0.1, -0.05) is 18.5 Å². The molecule has 0 aliphatic carbocycles. The number of pyridine rings is 1. The fraction of sp³-hybridized carbons (Fsp3) is 0.625. The Labute approximate surface area is 162 Å². The van der Waals surface area contributed by atoms with E-state index in [1.54, 1.807) is 0 Å². The minimum atomic E-state index is -4.47. The summed E-state index contributed by atoms with van der Waals surface area (Å²) >= 11 is 5.98. The maximum absolute atomic E-state index is 12.7. The number of anilines is 1. The van der Waals surface area contributed by atoms with Crippen molar-refractivity contribution in [1.82, 2.24) is 15.6 Å².